The molecule has 0 amide bonds. The number of hydrogen-bond donors (Lipinski definition) is 0. The van der Waals surface area contributed by atoms with Crippen LogP contribution in [0.4, 0.5) is 4.39 Å². The topological polar surface area (TPSA) is 80.8 Å². The lowest BCUT2D eigenvalue weighted by Crippen LogP contribution is -2.30. The van der Waals surface area contributed by atoms with Crippen LogP contribution in [0.3, 0.4) is 0 Å². The molecule has 0 saturated carbocycles. The monoisotopic (exact) mass is 407 g/mol. The molecule has 0 fully saturated rings. The Kier molecular flexibility index (Phi) is 7.04. The van der Waals surface area contributed by atoms with E-state index in [4.69, 9.17) is 4.74 Å². The van der Waals surface area contributed by atoms with Crippen molar-refractivity contribution in [2.45, 2.75) is 31.8 Å². The van der Waals surface area contributed by atoms with Crippen LogP contribution in [-0.4, -0.2) is 43.7 Å². The van der Waals surface area contributed by atoms with Gasteiger partial charge >= 0.3 is 5.97 Å². The van der Waals surface area contributed by atoms with E-state index in [9.17, 15) is 22.4 Å². The third-order valence-electron chi connectivity index (χ3n) is 4.21. The molecule has 0 aliphatic heterocycles. The molecule has 6 nitrogen and oxygen atoms in total. The number of nitrogens with zero attached hydrogens (tertiary/aromatic N) is 1. The summed E-state index contributed by atoms with van der Waals surface area (Å²) in [4.78, 5) is 24.6. The lowest BCUT2D eigenvalue weighted by atomic mass is 10.1. The van der Waals surface area contributed by atoms with Crippen molar-refractivity contribution in [3.05, 3.63) is 65.5 Å². The summed E-state index contributed by atoms with van der Waals surface area (Å²) in [6, 6.07) is 10.3. The van der Waals surface area contributed by atoms with Crippen LogP contribution in [0.1, 0.15) is 41.5 Å². The molecule has 1 atom stereocenters. The molecular weight excluding hydrogens is 385 g/mol. The van der Waals surface area contributed by atoms with Crippen molar-refractivity contribution in [3.8, 4) is 0 Å². The van der Waals surface area contributed by atoms with Crippen molar-refractivity contribution >= 4 is 21.8 Å². The molecule has 150 valence electrons. The Bertz CT molecular complexity index is 936. The second kappa shape index (κ2) is 9.07. The van der Waals surface area contributed by atoms with Gasteiger partial charge in [0.1, 0.15) is 5.82 Å². The number of Topliss-reactive ketones (excluding diaryl/α,β-unsaturated/α-hetero) is 1. The lowest BCUT2D eigenvalue weighted by Gasteiger charge is -2.18. The zero-order chi connectivity index (χ0) is 20.9. The summed E-state index contributed by atoms with van der Waals surface area (Å²) in [6.07, 6.45) is -1.07. The zero-order valence-electron chi connectivity index (χ0n) is 15.9. The summed E-state index contributed by atoms with van der Waals surface area (Å²) >= 11 is 0. The Morgan fingerprint density at radius 2 is 1.46 bits per heavy atom. The van der Waals surface area contributed by atoms with E-state index < -0.39 is 33.7 Å². The largest absolute Gasteiger partial charge is 0.451 e. The van der Waals surface area contributed by atoms with Crippen LogP contribution in [0, 0.1) is 5.82 Å². The first-order chi connectivity index (χ1) is 13.2. The van der Waals surface area contributed by atoms with Crippen molar-refractivity contribution in [1.82, 2.24) is 4.31 Å². The normalized spacial score (nSPS) is 12.6. The first-order valence-electron chi connectivity index (χ1n) is 8.81. The molecule has 28 heavy (non-hydrogen) atoms. The highest BCUT2D eigenvalue weighted by atomic mass is 32.2. The number of ketones is 1. The maximum absolute atomic E-state index is 13.0. The third-order valence-corrected chi connectivity index (χ3v) is 6.28. The van der Waals surface area contributed by atoms with Crippen molar-refractivity contribution in [2.75, 3.05) is 13.1 Å². The highest BCUT2D eigenvalue weighted by molar-refractivity contribution is 7.89. The molecule has 0 saturated heterocycles. The van der Waals surface area contributed by atoms with Gasteiger partial charge in [0.25, 0.3) is 0 Å². The molecular formula is C20H22FNO5S. The number of benzene rings is 2. The predicted molar refractivity (Wildman–Crippen MR) is 102 cm³/mol. The van der Waals surface area contributed by atoms with E-state index in [0.717, 1.165) is 12.1 Å². The minimum atomic E-state index is -3.62. The van der Waals surface area contributed by atoms with Gasteiger partial charge < -0.3 is 4.74 Å². The first-order valence-corrected chi connectivity index (χ1v) is 10.3. The predicted octanol–water partition coefficient (Wildman–Crippen LogP) is 3.28. The zero-order valence-corrected chi connectivity index (χ0v) is 16.7. The van der Waals surface area contributed by atoms with Gasteiger partial charge in [-0.25, -0.2) is 17.6 Å². The Hall–Kier alpha value is -2.58. The summed E-state index contributed by atoms with van der Waals surface area (Å²) in [7, 11) is -3.62. The molecule has 0 radical (unpaired) electrons. The summed E-state index contributed by atoms with van der Waals surface area (Å²) in [5.41, 5.74) is 0.347. The van der Waals surface area contributed by atoms with Gasteiger partial charge in [-0.1, -0.05) is 13.8 Å². The molecule has 2 rings (SSSR count). The van der Waals surface area contributed by atoms with Crippen molar-refractivity contribution in [3.63, 3.8) is 0 Å². The lowest BCUT2D eigenvalue weighted by molar-refractivity contribution is 0.0318. The molecule has 8 heteroatoms. The maximum atomic E-state index is 13.0. The fourth-order valence-electron chi connectivity index (χ4n) is 2.61. The van der Waals surface area contributed by atoms with Crippen LogP contribution in [0.5, 0.6) is 0 Å². The number of carbonyl (C=O) groups excluding carboxylic acids is 2. The van der Waals surface area contributed by atoms with Crippen molar-refractivity contribution in [2.24, 2.45) is 0 Å². The molecule has 0 aliphatic rings. The second-order valence-electron chi connectivity index (χ2n) is 6.03. The Labute approximate surface area is 164 Å². The Balaban J connectivity index is 2.10. The number of sulfonamides is 1. The van der Waals surface area contributed by atoms with E-state index in [-0.39, 0.29) is 16.0 Å². The fourth-order valence-corrected chi connectivity index (χ4v) is 4.06. The summed E-state index contributed by atoms with van der Waals surface area (Å²) in [5, 5.41) is 0. The minimum Gasteiger partial charge on any atom is -0.451 e. The summed E-state index contributed by atoms with van der Waals surface area (Å²) in [5.74, 6) is -1.69. The minimum absolute atomic E-state index is 0.0724. The van der Waals surface area contributed by atoms with Crippen LogP contribution < -0.4 is 0 Å². The highest BCUT2D eigenvalue weighted by Crippen LogP contribution is 2.17. The first kappa shape index (κ1) is 21.7. The summed E-state index contributed by atoms with van der Waals surface area (Å²) < 4.78 is 44.3. The average molecular weight is 407 g/mol. The highest BCUT2D eigenvalue weighted by Gasteiger charge is 2.23. The van der Waals surface area contributed by atoms with Crippen LogP contribution in [0.25, 0.3) is 0 Å². The molecule has 0 aliphatic carbocycles. The van der Waals surface area contributed by atoms with E-state index in [2.05, 4.69) is 0 Å². The number of carbonyl (C=O) groups is 2. The molecule has 0 N–H and O–H groups in total. The van der Waals surface area contributed by atoms with Gasteiger partial charge in [0, 0.05) is 18.7 Å². The standard InChI is InChI=1S/C20H22FNO5S/c1-4-22(5-2)28(25,26)18-12-8-16(9-13-18)20(24)27-14(3)19(23)15-6-10-17(21)11-7-15/h6-14H,4-5H2,1-3H3. The van der Waals surface area contributed by atoms with E-state index in [1.165, 1.54) is 47.6 Å². The molecule has 0 bridgehead atoms. The number of rotatable bonds is 8. The Morgan fingerprint density at radius 1 is 0.964 bits per heavy atom. The summed E-state index contributed by atoms with van der Waals surface area (Å²) in [6.45, 7) is 5.58. The van der Waals surface area contributed by atoms with E-state index in [1.807, 2.05) is 0 Å². The quantitative estimate of drug-likeness (QED) is 0.496. The van der Waals surface area contributed by atoms with Crippen molar-refractivity contribution in [1.29, 1.82) is 0 Å². The number of hydrogen-bond acceptors (Lipinski definition) is 5. The molecule has 0 spiro atoms. The van der Waals surface area contributed by atoms with E-state index in [1.54, 1.807) is 13.8 Å². The van der Waals surface area contributed by atoms with Crippen molar-refractivity contribution < 1.29 is 27.1 Å². The molecule has 0 heterocycles. The Morgan fingerprint density at radius 3 is 1.96 bits per heavy atom. The van der Waals surface area contributed by atoms with Crippen LogP contribution in [0.15, 0.2) is 53.4 Å². The number of halogens is 1. The van der Waals surface area contributed by atoms with Gasteiger partial charge in [-0.2, -0.15) is 4.31 Å². The van der Waals surface area contributed by atoms with Gasteiger partial charge in [0.15, 0.2) is 6.10 Å². The van der Waals surface area contributed by atoms with Gasteiger partial charge in [0.2, 0.25) is 15.8 Å². The fraction of sp³-hybridized carbons (Fsp3) is 0.300. The van der Waals surface area contributed by atoms with Gasteiger partial charge in [-0.15, -0.1) is 0 Å². The van der Waals surface area contributed by atoms with Crippen LogP contribution >= 0.6 is 0 Å². The molecule has 2 aromatic rings. The number of esters is 1. The third kappa shape index (κ3) is 4.82. The smallest absolute Gasteiger partial charge is 0.338 e. The van der Waals surface area contributed by atoms with E-state index in [0.29, 0.717) is 13.1 Å². The van der Waals surface area contributed by atoms with E-state index >= 15 is 0 Å². The SMILES string of the molecule is CCN(CC)S(=O)(=O)c1ccc(C(=O)OC(C)C(=O)c2ccc(F)cc2)cc1. The second-order valence-corrected chi connectivity index (χ2v) is 7.97. The van der Waals surface area contributed by atoms with Gasteiger partial charge in [-0.3, -0.25) is 4.79 Å². The molecule has 1 unspecified atom stereocenters. The van der Waals surface area contributed by atoms with Crippen LogP contribution in [0.2, 0.25) is 0 Å². The number of ether oxygens (including phenoxy) is 1. The average Bonchev–Trinajstić information content (AvgIpc) is 2.68. The maximum Gasteiger partial charge on any atom is 0.338 e. The van der Waals surface area contributed by atoms with Crippen LogP contribution in [-0.2, 0) is 14.8 Å². The molecule has 0 aromatic heterocycles. The molecule has 2 aromatic carbocycles. The van der Waals surface area contributed by atoms with Gasteiger partial charge in [-0.05, 0) is 55.5 Å². The van der Waals surface area contributed by atoms with Gasteiger partial charge in [0.05, 0.1) is 10.5 Å².